The number of benzene rings is 3. The third kappa shape index (κ3) is 9.15. The van der Waals surface area contributed by atoms with Gasteiger partial charge in [0.1, 0.15) is 29.1 Å². The van der Waals surface area contributed by atoms with E-state index in [-0.39, 0.29) is 11.9 Å². The summed E-state index contributed by atoms with van der Waals surface area (Å²) in [6.07, 6.45) is 6.22. The topological polar surface area (TPSA) is 96.1 Å². The Morgan fingerprint density at radius 3 is 2.28 bits per heavy atom. The largest absolute Gasteiger partial charge is 0.458 e. The van der Waals surface area contributed by atoms with E-state index >= 15 is 0 Å². The number of nitrogens with zero attached hydrogens (tertiary/aromatic N) is 1. The van der Waals surface area contributed by atoms with E-state index in [0.29, 0.717) is 41.0 Å². The number of aromatic amines is 1. The molecule has 4 aromatic rings. The summed E-state index contributed by atoms with van der Waals surface area (Å²) in [5, 5.41) is 6.35. The predicted molar refractivity (Wildman–Crippen MR) is 167 cm³/mol. The maximum atomic E-state index is 13.8. The summed E-state index contributed by atoms with van der Waals surface area (Å²) in [4.78, 5) is 34.1. The molecule has 0 radical (unpaired) electrons. The van der Waals surface area contributed by atoms with Gasteiger partial charge in [0, 0.05) is 30.1 Å². The SMILES string of the molecule is CSCC[C@H](NC(=O)c1ccc(NC(Cc2ncc[nH]2)c2ccc(F)cc2)cc1-c1ccc(F)cc1)C(=O)OC(C)(C)C. The van der Waals surface area contributed by atoms with Crippen LogP contribution in [0.25, 0.3) is 11.1 Å². The van der Waals surface area contributed by atoms with Gasteiger partial charge < -0.3 is 20.4 Å². The fraction of sp³-hybridized carbons (Fsp3) is 0.303. The van der Waals surface area contributed by atoms with Gasteiger partial charge in [-0.05, 0) is 98.4 Å². The minimum absolute atomic E-state index is 0.282. The molecule has 0 aliphatic carbocycles. The highest BCUT2D eigenvalue weighted by molar-refractivity contribution is 7.98. The molecule has 0 spiro atoms. The van der Waals surface area contributed by atoms with Gasteiger partial charge in [-0.25, -0.2) is 18.6 Å². The van der Waals surface area contributed by atoms with E-state index in [2.05, 4.69) is 20.6 Å². The number of thioether (sulfide) groups is 1. The number of H-pyrrole nitrogens is 1. The molecular weight excluding hydrogens is 570 g/mol. The van der Waals surface area contributed by atoms with Crippen molar-refractivity contribution in [1.82, 2.24) is 15.3 Å². The molecule has 10 heteroatoms. The summed E-state index contributed by atoms with van der Waals surface area (Å²) in [5.41, 5.74) is 2.31. The minimum atomic E-state index is -0.839. The zero-order valence-electron chi connectivity index (χ0n) is 24.6. The number of aromatic nitrogens is 2. The highest BCUT2D eigenvalue weighted by atomic mass is 32.2. The van der Waals surface area contributed by atoms with Crippen molar-refractivity contribution in [3.8, 4) is 11.1 Å². The number of amides is 1. The number of hydrogen-bond donors (Lipinski definition) is 3. The van der Waals surface area contributed by atoms with Crippen LogP contribution in [0.4, 0.5) is 14.5 Å². The van der Waals surface area contributed by atoms with Crippen molar-refractivity contribution in [2.24, 2.45) is 0 Å². The van der Waals surface area contributed by atoms with Crippen molar-refractivity contribution in [3.63, 3.8) is 0 Å². The molecular formula is C33H36F2N4O3S. The minimum Gasteiger partial charge on any atom is -0.458 e. The van der Waals surface area contributed by atoms with Crippen molar-refractivity contribution in [3.05, 3.63) is 108 Å². The van der Waals surface area contributed by atoms with Gasteiger partial charge in [-0.2, -0.15) is 11.8 Å². The van der Waals surface area contributed by atoms with E-state index in [1.165, 1.54) is 24.3 Å². The van der Waals surface area contributed by atoms with Crippen LogP contribution >= 0.6 is 11.8 Å². The smallest absolute Gasteiger partial charge is 0.329 e. The zero-order valence-corrected chi connectivity index (χ0v) is 25.4. The Morgan fingerprint density at radius 2 is 1.67 bits per heavy atom. The van der Waals surface area contributed by atoms with Gasteiger partial charge in [0.2, 0.25) is 0 Å². The van der Waals surface area contributed by atoms with Crippen LogP contribution in [0.3, 0.4) is 0 Å². The molecule has 3 aromatic carbocycles. The molecule has 0 aliphatic heterocycles. The second kappa shape index (κ2) is 14.3. The van der Waals surface area contributed by atoms with Gasteiger partial charge >= 0.3 is 5.97 Å². The van der Waals surface area contributed by atoms with Crippen molar-refractivity contribution in [1.29, 1.82) is 0 Å². The lowest BCUT2D eigenvalue weighted by Gasteiger charge is -2.25. The first-order valence-electron chi connectivity index (χ1n) is 14.0. The Hall–Kier alpha value is -4.18. The molecule has 1 unspecified atom stereocenters. The number of anilines is 1. The standard InChI is InChI=1S/C33H36F2N4O3S/c1-33(2,3)42-32(41)28(15-18-43-4)39-31(40)26-14-13-25(19-27(26)21-5-9-23(34)10-6-21)38-29(20-30-36-16-17-37-30)22-7-11-24(35)12-8-22/h5-14,16-17,19,28-29,38H,15,18,20H2,1-4H3,(H,36,37)(H,39,40)/t28-,29?/m0/s1. The normalized spacial score (nSPS) is 12.8. The molecule has 3 N–H and O–H groups in total. The van der Waals surface area contributed by atoms with Gasteiger partial charge in [-0.3, -0.25) is 4.79 Å². The molecule has 7 nitrogen and oxygen atoms in total. The van der Waals surface area contributed by atoms with E-state index < -0.39 is 29.3 Å². The Labute approximate surface area is 254 Å². The lowest BCUT2D eigenvalue weighted by Crippen LogP contribution is -2.44. The van der Waals surface area contributed by atoms with E-state index in [9.17, 15) is 18.4 Å². The number of esters is 1. The molecule has 0 aliphatic rings. The summed E-state index contributed by atoms with van der Waals surface area (Å²) in [6.45, 7) is 5.34. The van der Waals surface area contributed by atoms with Crippen LogP contribution in [0.15, 0.2) is 79.1 Å². The molecule has 0 saturated carbocycles. The third-order valence-corrected chi connectivity index (χ3v) is 7.24. The molecule has 226 valence electrons. The highest BCUT2D eigenvalue weighted by Gasteiger charge is 2.28. The van der Waals surface area contributed by atoms with Crippen LogP contribution in [0.5, 0.6) is 0 Å². The number of rotatable bonds is 12. The van der Waals surface area contributed by atoms with Crippen molar-refractivity contribution in [2.75, 3.05) is 17.3 Å². The van der Waals surface area contributed by atoms with Crippen molar-refractivity contribution < 1.29 is 23.1 Å². The first kappa shape index (κ1) is 31.7. The predicted octanol–water partition coefficient (Wildman–Crippen LogP) is 6.94. The second-order valence-electron chi connectivity index (χ2n) is 11.1. The van der Waals surface area contributed by atoms with E-state index in [4.69, 9.17) is 4.74 Å². The molecule has 2 atom stereocenters. The number of halogens is 2. The van der Waals surface area contributed by atoms with Crippen LogP contribution in [0.2, 0.25) is 0 Å². The summed E-state index contributed by atoms with van der Waals surface area (Å²) in [6, 6.07) is 16.2. The summed E-state index contributed by atoms with van der Waals surface area (Å²) < 4.78 is 33.1. The van der Waals surface area contributed by atoms with Gasteiger partial charge in [0.15, 0.2) is 0 Å². The molecule has 0 bridgehead atoms. The number of carbonyl (C=O) groups is 2. The van der Waals surface area contributed by atoms with Gasteiger partial charge in [0.05, 0.1) is 6.04 Å². The monoisotopic (exact) mass is 606 g/mol. The number of carbonyl (C=O) groups excluding carboxylic acids is 2. The average Bonchev–Trinajstić information content (AvgIpc) is 3.48. The molecule has 0 saturated heterocycles. The first-order valence-corrected chi connectivity index (χ1v) is 15.3. The molecule has 43 heavy (non-hydrogen) atoms. The molecule has 4 rings (SSSR count). The van der Waals surface area contributed by atoms with Crippen molar-refractivity contribution in [2.45, 2.75) is 51.3 Å². The summed E-state index contributed by atoms with van der Waals surface area (Å²) in [7, 11) is 0. The highest BCUT2D eigenvalue weighted by Crippen LogP contribution is 2.31. The summed E-state index contributed by atoms with van der Waals surface area (Å²) in [5.74, 6) is -0.295. The molecule has 0 fully saturated rings. The number of nitrogens with one attached hydrogen (secondary N) is 3. The van der Waals surface area contributed by atoms with Crippen LogP contribution < -0.4 is 10.6 Å². The summed E-state index contributed by atoms with van der Waals surface area (Å²) >= 11 is 1.57. The third-order valence-electron chi connectivity index (χ3n) is 6.59. The van der Waals surface area contributed by atoms with Crippen LogP contribution in [0, 0.1) is 11.6 Å². The first-order chi connectivity index (χ1) is 20.5. The van der Waals surface area contributed by atoms with E-state index in [0.717, 1.165) is 11.4 Å². The maximum absolute atomic E-state index is 13.8. The quantitative estimate of drug-likeness (QED) is 0.151. The van der Waals surface area contributed by atoms with Crippen LogP contribution in [-0.2, 0) is 16.0 Å². The van der Waals surface area contributed by atoms with E-state index in [1.54, 1.807) is 81.3 Å². The molecule has 1 heterocycles. The maximum Gasteiger partial charge on any atom is 0.329 e. The van der Waals surface area contributed by atoms with Crippen LogP contribution in [-0.4, -0.2) is 45.5 Å². The lowest BCUT2D eigenvalue weighted by molar-refractivity contribution is -0.157. The Balaban J connectivity index is 1.68. The molecule has 1 aromatic heterocycles. The Morgan fingerprint density at radius 1 is 1.00 bits per heavy atom. The average molecular weight is 607 g/mol. The fourth-order valence-electron chi connectivity index (χ4n) is 4.55. The van der Waals surface area contributed by atoms with E-state index in [1.807, 2.05) is 12.3 Å². The number of ether oxygens (including phenoxy) is 1. The molecule has 1 amide bonds. The van der Waals surface area contributed by atoms with Gasteiger partial charge in [-0.1, -0.05) is 24.3 Å². The second-order valence-corrected chi connectivity index (χ2v) is 12.1. The Kier molecular flexibility index (Phi) is 10.6. The fourth-order valence-corrected chi connectivity index (χ4v) is 5.02. The number of imidazole rings is 1. The Bertz CT molecular complexity index is 1500. The number of hydrogen-bond acceptors (Lipinski definition) is 6. The van der Waals surface area contributed by atoms with Gasteiger partial charge in [0.25, 0.3) is 5.91 Å². The van der Waals surface area contributed by atoms with Gasteiger partial charge in [-0.15, -0.1) is 0 Å². The van der Waals surface area contributed by atoms with Crippen LogP contribution in [0.1, 0.15) is 55.0 Å². The lowest BCUT2D eigenvalue weighted by atomic mass is 9.97. The zero-order chi connectivity index (χ0) is 31.0. The van der Waals surface area contributed by atoms with Crippen molar-refractivity contribution >= 4 is 29.3 Å².